The van der Waals surface area contributed by atoms with Crippen LogP contribution in [0.15, 0.2) is 4.73 Å². The molecular formula is C7H10BrN3O. The molecule has 12 heavy (non-hydrogen) atoms. The summed E-state index contributed by atoms with van der Waals surface area (Å²) >= 11 is 3.19. The topological polar surface area (TPSA) is 50.8 Å². The summed E-state index contributed by atoms with van der Waals surface area (Å²) in [5.74, 6) is 0.812. The molecule has 2 rings (SSSR count). The van der Waals surface area contributed by atoms with Crippen LogP contribution >= 0.6 is 15.9 Å². The van der Waals surface area contributed by atoms with Crippen LogP contribution in [0.3, 0.4) is 0 Å². The zero-order valence-corrected chi connectivity index (χ0v) is 8.39. The Kier molecular flexibility index (Phi) is 1.92. The van der Waals surface area contributed by atoms with Crippen LogP contribution in [-0.2, 0) is 10.3 Å². The monoisotopic (exact) mass is 231 g/mol. The number of halogens is 1. The van der Waals surface area contributed by atoms with Crippen molar-refractivity contribution in [1.29, 1.82) is 0 Å². The van der Waals surface area contributed by atoms with E-state index in [1.54, 1.807) is 0 Å². The molecule has 2 heterocycles. The average molecular weight is 232 g/mol. The van der Waals surface area contributed by atoms with E-state index in [1.165, 1.54) is 0 Å². The summed E-state index contributed by atoms with van der Waals surface area (Å²) in [4.78, 5) is 4.19. The summed E-state index contributed by atoms with van der Waals surface area (Å²) in [5, 5.41) is 6.76. The van der Waals surface area contributed by atoms with Crippen LogP contribution in [-0.4, -0.2) is 21.8 Å². The molecule has 1 atom stereocenters. The van der Waals surface area contributed by atoms with Gasteiger partial charge in [-0.3, -0.25) is 5.10 Å². The minimum Gasteiger partial charge on any atom is -0.367 e. The van der Waals surface area contributed by atoms with E-state index < -0.39 is 0 Å². The lowest BCUT2D eigenvalue weighted by Crippen LogP contribution is -2.21. The molecule has 0 saturated carbocycles. The standard InChI is InChI=1S/C7H10BrN3O/c1-7(3-2-4-12-7)5-9-6(8)11-10-5/h2-4H2,1H3,(H,9,10,11). The Morgan fingerprint density at radius 2 is 2.50 bits per heavy atom. The van der Waals surface area contributed by atoms with Gasteiger partial charge in [-0.2, -0.15) is 0 Å². The summed E-state index contributed by atoms with van der Waals surface area (Å²) in [5.41, 5.74) is -0.251. The van der Waals surface area contributed by atoms with Gasteiger partial charge in [0.15, 0.2) is 5.82 Å². The van der Waals surface area contributed by atoms with Gasteiger partial charge in [-0.15, -0.1) is 5.10 Å². The summed E-state index contributed by atoms with van der Waals surface area (Å²) in [6.07, 6.45) is 2.10. The number of hydrogen-bond donors (Lipinski definition) is 1. The maximum absolute atomic E-state index is 5.59. The predicted octanol–water partition coefficient (Wildman–Crippen LogP) is 1.59. The van der Waals surface area contributed by atoms with E-state index in [-0.39, 0.29) is 5.60 Å². The molecule has 0 bridgehead atoms. The highest BCUT2D eigenvalue weighted by Gasteiger charge is 2.34. The van der Waals surface area contributed by atoms with Crippen molar-refractivity contribution in [3.05, 3.63) is 10.6 Å². The van der Waals surface area contributed by atoms with E-state index in [9.17, 15) is 0 Å². The predicted molar refractivity (Wildman–Crippen MR) is 46.6 cm³/mol. The molecule has 1 aromatic heterocycles. The Hall–Kier alpha value is -0.420. The first-order valence-electron chi connectivity index (χ1n) is 3.93. The lowest BCUT2D eigenvalue weighted by molar-refractivity contribution is 0.00960. The van der Waals surface area contributed by atoms with Crippen molar-refractivity contribution in [3.8, 4) is 0 Å². The van der Waals surface area contributed by atoms with Crippen LogP contribution in [0.1, 0.15) is 25.6 Å². The third-order valence-corrected chi connectivity index (χ3v) is 2.53. The van der Waals surface area contributed by atoms with Crippen molar-refractivity contribution in [2.24, 2.45) is 0 Å². The molecular weight excluding hydrogens is 222 g/mol. The Bertz CT molecular complexity index is 280. The smallest absolute Gasteiger partial charge is 0.217 e. The molecule has 66 valence electrons. The molecule has 1 aliphatic heterocycles. The normalized spacial score (nSPS) is 29.5. The van der Waals surface area contributed by atoms with Crippen molar-refractivity contribution < 1.29 is 4.74 Å². The van der Waals surface area contributed by atoms with Crippen LogP contribution in [0.25, 0.3) is 0 Å². The maximum atomic E-state index is 5.59. The van der Waals surface area contributed by atoms with Gasteiger partial charge in [-0.1, -0.05) is 0 Å². The fraction of sp³-hybridized carbons (Fsp3) is 0.714. The summed E-state index contributed by atoms with van der Waals surface area (Å²) in [6, 6.07) is 0. The van der Waals surface area contributed by atoms with Crippen molar-refractivity contribution >= 4 is 15.9 Å². The van der Waals surface area contributed by atoms with Gasteiger partial charge in [0.1, 0.15) is 5.60 Å². The third kappa shape index (κ3) is 1.27. The Balaban J connectivity index is 2.28. The number of nitrogens with one attached hydrogen (secondary N) is 1. The zero-order chi connectivity index (χ0) is 8.60. The van der Waals surface area contributed by atoms with Gasteiger partial charge in [0.25, 0.3) is 0 Å². The second kappa shape index (κ2) is 2.81. The van der Waals surface area contributed by atoms with Gasteiger partial charge in [0.05, 0.1) is 0 Å². The molecule has 1 unspecified atom stereocenters. The lowest BCUT2D eigenvalue weighted by atomic mass is 10.0. The number of rotatable bonds is 1. The Morgan fingerprint density at radius 3 is 3.00 bits per heavy atom. The van der Waals surface area contributed by atoms with E-state index >= 15 is 0 Å². The van der Waals surface area contributed by atoms with Crippen molar-refractivity contribution in [1.82, 2.24) is 15.2 Å². The number of aromatic amines is 1. The van der Waals surface area contributed by atoms with E-state index in [2.05, 4.69) is 31.1 Å². The summed E-state index contributed by atoms with van der Waals surface area (Å²) < 4.78 is 6.18. The second-order valence-electron chi connectivity index (χ2n) is 3.14. The highest BCUT2D eigenvalue weighted by atomic mass is 79.9. The molecule has 1 aliphatic rings. The summed E-state index contributed by atoms with van der Waals surface area (Å²) in [7, 11) is 0. The summed E-state index contributed by atoms with van der Waals surface area (Å²) in [6.45, 7) is 2.85. The number of hydrogen-bond acceptors (Lipinski definition) is 3. The van der Waals surface area contributed by atoms with Crippen LogP contribution in [0.2, 0.25) is 0 Å². The van der Waals surface area contributed by atoms with Crippen molar-refractivity contribution in [2.75, 3.05) is 6.61 Å². The largest absolute Gasteiger partial charge is 0.367 e. The van der Waals surface area contributed by atoms with Crippen molar-refractivity contribution in [3.63, 3.8) is 0 Å². The number of H-pyrrole nitrogens is 1. The van der Waals surface area contributed by atoms with E-state index in [0.29, 0.717) is 4.73 Å². The molecule has 5 heteroatoms. The quantitative estimate of drug-likeness (QED) is 0.799. The molecule has 1 aromatic rings. The Labute approximate surface area is 78.8 Å². The molecule has 1 fully saturated rings. The van der Waals surface area contributed by atoms with E-state index in [4.69, 9.17) is 4.74 Å². The first kappa shape index (κ1) is 8.19. The minimum absolute atomic E-state index is 0.251. The first-order chi connectivity index (χ1) is 5.71. The number of aromatic nitrogens is 3. The first-order valence-corrected chi connectivity index (χ1v) is 4.72. The highest BCUT2D eigenvalue weighted by molar-refractivity contribution is 9.10. The van der Waals surface area contributed by atoms with Gasteiger partial charge >= 0.3 is 0 Å². The molecule has 0 aromatic carbocycles. The van der Waals surface area contributed by atoms with Gasteiger partial charge in [0.2, 0.25) is 4.73 Å². The van der Waals surface area contributed by atoms with Crippen LogP contribution < -0.4 is 0 Å². The van der Waals surface area contributed by atoms with Gasteiger partial charge < -0.3 is 4.74 Å². The van der Waals surface area contributed by atoms with Gasteiger partial charge in [-0.25, -0.2) is 4.98 Å². The number of ether oxygens (including phenoxy) is 1. The van der Waals surface area contributed by atoms with Crippen LogP contribution in [0.4, 0.5) is 0 Å². The molecule has 0 spiro atoms. The van der Waals surface area contributed by atoms with Gasteiger partial charge in [0, 0.05) is 6.61 Å². The Morgan fingerprint density at radius 1 is 1.67 bits per heavy atom. The minimum atomic E-state index is -0.251. The molecule has 1 saturated heterocycles. The highest BCUT2D eigenvalue weighted by Crippen LogP contribution is 2.33. The number of nitrogens with zero attached hydrogens (tertiary/aromatic N) is 2. The second-order valence-corrected chi connectivity index (χ2v) is 3.85. The third-order valence-electron chi connectivity index (χ3n) is 2.18. The van der Waals surface area contributed by atoms with Gasteiger partial charge in [-0.05, 0) is 35.7 Å². The van der Waals surface area contributed by atoms with E-state index in [0.717, 1.165) is 25.3 Å². The van der Waals surface area contributed by atoms with Crippen LogP contribution in [0.5, 0.6) is 0 Å². The molecule has 0 amide bonds. The van der Waals surface area contributed by atoms with E-state index in [1.807, 2.05) is 6.92 Å². The fourth-order valence-electron chi connectivity index (χ4n) is 1.44. The SMILES string of the molecule is CC1(c2nc(Br)n[nH]2)CCCO1. The lowest BCUT2D eigenvalue weighted by Gasteiger charge is -2.18. The zero-order valence-electron chi connectivity index (χ0n) is 6.80. The average Bonchev–Trinajstić information content (AvgIpc) is 2.59. The van der Waals surface area contributed by atoms with Crippen molar-refractivity contribution in [2.45, 2.75) is 25.4 Å². The molecule has 0 radical (unpaired) electrons. The molecule has 0 aliphatic carbocycles. The van der Waals surface area contributed by atoms with Crippen LogP contribution in [0, 0.1) is 0 Å². The molecule has 4 nitrogen and oxygen atoms in total. The maximum Gasteiger partial charge on any atom is 0.217 e. The fourth-order valence-corrected chi connectivity index (χ4v) is 1.71. The molecule has 1 N–H and O–H groups in total.